The van der Waals surface area contributed by atoms with Crippen LogP contribution in [-0.2, 0) is 6.42 Å². The van der Waals surface area contributed by atoms with Crippen LogP contribution in [0, 0.1) is 0 Å². The molecule has 0 aromatic carbocycles. The van der Waals surface area contributed by atoms with E-state index in [-0.39, 0.29) is 0 Å². The molecule has 2 heterocycles. The van der Waals surface area contributed by atoms with E-state index in [1.54, 1.807) is 0 Å². The normalized spacial score (nSPS) is 10.9. The first-order valence-corrected chi connectivity index (χ1v) is 4.82. The SMILES string of the molecule is CCCc1nc(Cl)c2ccccn12. The highest BCUT2D eigenvalue weighted by Gasteiger charge is 2.06. The van der Waals surface area contributed by atoms with Crippen LogP contribution in [0.25, 0.3) is 5.52 Å². The second-order valence-electron chi connectivity index (χ2n) is 3.02. The summed E-state index contributed by atoms with van der Waals surface area (Å²) in [5.74, 6) is 1.04. The Morgan fingerprint density at radius 2 is 2.31 bits per heavy atom. The van der Waals surface area contributed by atoms with Gasteiger partial charge >= 0.3 is 0 Å². The minimum Gasteiger partial charge on any atom is -0.302 e. The van der Waals surface area contributed by atoms with Crippen molar-refractivity contribution in [1.82, 2.24) is 9.38 Å². The molecule has 0 spiro atoms. The standard InChI is InChI=1S/C10H11ClN2/c1-2-5-9-12-10(11)8-6-3-4-7-13(8)9/h3-4,6-7H,2,5H2,1H3. The molecule has 0 radical (unpaired) electrons. The molecule has 0 fully saturated rings. The van der Waals surface area contributed by atoms with Gasteiger partial charge in [0.15, 0.2) is 5.15 Å². The lowest BCUT2D eigenvalue weighted by Crippen LogP contribution is -1.92. The monoisotopic (exact) mass is 194 g/mol. The molecule has 0 aliphatic heterocycles. The average molecular weight is 195 g/mol. The van der Waals surface area contributed by atoms with Gasteiger partial charge in [0.05, 0.1) is 5.52 Å². The third-order valence-corrected chi connectivity index (χ3v) is 2.33. The maximum absolute atomic E-state index is 5.98. The summed E-state index contributed by atoms with van der Waals surface area (Å²) in [5.41, 5.74) is 0.993. The molecule has 13 heavy (non-hydrogen) atoms. The second-order valence-corrected chi connectivity index (χ2v) is 3.38. The van der Waals surface area contributed by atoms with Gasteiger partial charge in [-0.2, -0.15) is 0 Å². The van der Waals surface area contributed by atoms with E-state index in [9.17, 15) is 0 Å². The van der Waals surface area contributed by atoms with E-state index in [1.807, 2.05) is 28.8 Å². The average Bonchev–Trinajstić information content (AvgIpc) is 2.46. The van der Waals surface area contributed by atoms with Crippen LogP contribution in [0.15, 0.2) is 24.4 Å². The van der Waals surface area contributed by atoms with Gasteiger partial charge in [0.1, 0.15) is 5.82 Å². The van der Waals surface area contributed by atoms with E-state index in [4.69, 9.17) is 11.6 Å². The molecule has 0 bridgehead atoms. The zero-order chi connectivity index (χ0) is 9.26. The maximum Gasteiger partial charge on any atom is 0.155 e. The van der Waals surface area contributed by atoms with Crippen molar-refractivity contribution in [2.24, 2.45) is 0 Å². The summed E-state index contributed by atoms with van der Waals surface area (Å²) >= 11 is 5.98. The van der Waals surface area contributed by atoms with Crippen molar-refractivity contribution >= 4 is 17.1 Å². The number of fused-ring (bicyclic) bond motifs is 1. The summed E-state index contributed by atoms with van der Waals surface area (Å²) in [6.45, 7) is 2.14. The van der Waals surface area contributed by atoms with E-state index >= 15 is 0 Å². The van der Waals surface area contributed by atoms with Crippen LogP contribution in [0.5, 0.6) is 0 Å². The molecule has 0 atom stereocenters. The number of pyridine rings is 1. The lowest BCUT2D eigenvalue weighted by atomic mass is 10.3. The van der Waals surface area contributed by atoms with Crippen LogP contribution in [-0.4, -0.2) is 9.38 Å². The largest absolute Gasteiger partial charge is 0.302 e. The van der Waals surface area contributed by atoms with Gasteiger partial charge in [-0.3, -0.25) is 0 Å². The fourth-order valence-corrected chi connectivity index (χ4v) is 1.71. The molecular weight excluding hydrogens is 184 g/mol. The maximum atomic E-state index is 5.98. The molecule has 0 aliphatic carbocycles. The number of hydrogen-bond donors (Lipinski definition) is 0. The Kier molecular flexibility index (Phi) is 2.23. The zero-order valence-corrected chi connectivity index (χ0v) is 8.25. The van der Waals surface area contributed by atoms with Gasteiger partial charge in [-0.25, -0.2) is 4.98 Å². The highest BCUT2D eigenvalue weighted by atomic mass is 35.5. The zero-order valence-electron chi connectivity index (χ0n) is 7.50. The van der Waals surface area contributed by atoms with Crippen molar-refractivity contribution in [1.29, 1.82) is 0 Å². The van der Waals surface area contributed by atoms with E-state index in [2.05, 4.69) is 11.9 Å². The molecule has 3 heteroatoms. The van der Waals surface area contributed by atoms with E-state index in [0.717, 1.165) is 24.2 Å². The first kappa shape index (κ1) is 8.57. The summed E-state index contributed by atoms with van der Waals surface area (Å²) in [5, 5.41) is 0.601. The van der Waals surface area contributed by atoms with Crippen LogP contribution in [0.3, 0.4) is 0 Å². The van der Waals surface area contributed by atoms with Gasteiger partial charge in [-0.1, -0.05) is 24.6 Å². The molecule has 0 unspecified atom stereocenters. The van der Waals surface area contributed by atoms with Crippen LogP contribution < -0.4 is 0 Å². The molecule has 0 amide bonds. The lowest BCUT2D eigenvalue weighted by Gasteiger charge is -1.96. The van der Waals surface area contributed by atoms with Crippen LogP contribution in [0.1, 0.15) is 19.2 Å². The van der Waals surface area contributed by atoms with E-state index in [1.165, 1.54) is 0 Å². The van der Waals surface area contributed by atoms with Crippen molar-refractivity contribution in [3.8, 4) is 0 Å². The van der Waals surface area contributed by atoms with E-state index in [0.29, 0.717) is 5.15 Å². The Hall–Kier alpha value is -1.02. The number of aryl methyl sites for hydroxylation is 1. The summed E-state index contributed by atoms with van der Waals surface area (Å²) < 4.78 is 2.05. The van der Waals surface area contributed by atoms with Crippen LogP contribution in [0.4, 0.5) is 0 Å². The third-order valence-electron chi connectivity index (χ3n) is 2.05. The van der Waals surface area contributed by atoms with Crippen molar-refractivity contribution in [3.63, 3.8) is 0 Å². The van der Waals surface area contributed by atoms with Crippen molar-refractivity contribution in [3.05, 3.63) is 35.4 Å². The van der Waals surface area contributed by atoms with Crippen molar-refractivity contribution in [2.45, 2.75) is 19.8 Å². The molecule has 0 saturated carbocycles. The number of halogens is 1. The number of nitrogens with zero attached hydrogens (tertiary/aromatic N) is 2. The first-order chi connectivity index (χ1) is 6.33. The minimum atomic E-state index is 0.601. The molecule has 2 nitrogen and oxygen atoms in total. The quantitative estimate of drug-likeness (QED) is 0.719. The molecule has 68 valence electrons. The summed E-state index contributed by atoms with van der Waals surface area (Å²) in [6.07, 6.45) is 4.06. The first-order valence-electron chi connectivity index (χ1n) is 4.44. The van der Waals surface area contributed by atoms with Gasteiger partial charge in [-0.15, -0.1) is 0 Å². The summed E-state index contributed by atoms with van der Waals surface area (Å²) in [7, 11) is 0. The van der Waals surface area contributed by atoms with Crippen LogP contribution in [0.2, 0.25) is 5.15 Å². The van der Waals surface area contributed by atoms with Gasteiger partial charge in [-0.05, 0) is 18.6 Å². The second kappa shape index (κ2) is 3.38. The molecule has 2 aromatic rings. The van der Waals surface area contributed by atoms with Gasteiger partial charge in [0, 0.05) is 12.6 Å². The summed E-state index contributed by atoms with van der Waals surface area (Å²) in [4.78, 5) is 4.31. The minimum absolute atomic E-state index is 0.601. The Morgan fingerprint density at radius 1 is 1.46 bits per heavy atom. The van der Waals surface area contributed by atoms with E-state index < -0.39 is 0 Å². The predicted molar refractivity (Wildman–Crippen MR) is 54.2 cm³/mol. The molecule has 2 aromatic heterocycles. The predicted octanol–water partition coefficient (Wildman–Crippen LogP) is 2.94. The Morgan fingerprint density at radius 3 is 3.08 bits per heavy atom. The molecule has 2 rings (SSSR count). The van der Waals surface area contributed by atoms with Gasteiger partial charge < -0.3 is 4.40 Å². The number of imidazole rings is 1. The van der Waals surface area contributed by atoms with Crippen LogP contribution >= 0.6 is 11.6 Å². The lowest BCUT2D eigenvalue weighted by molar-refractivity contribution is 0.831. The molecule has 0 aliphatic rings. The third kappa shape index (κ3) is 1.42. The Bertz CT molecular complexity index is 420. The van der Waals surface area contributed by atoms with Gasteiger partial charge in [0.2, 0.25) is 0 Å². The fraction of sp³-hybridized carbons (Fsp3) is 0.300. The molecule has 0 saturated heterocycles. The highest BCUT2D eigenvalue weighted by Crippen LogP contribution is 2.18. The number of rotatable bonds is 2. The van der Waals surface area contributed by atoms with Crippen molar-refractivity contribution in [2.75, 3.05) is 0 Å². The summed E-state index contributed by atoms with van der Waals surface area (Å²) in [6, 6.07) is 5.94. The Balaban J connectivity index is 2.63. The highest BCUT2D eigenvalue weighted by molar-refractivity contribution is 6.32. The number of aromatic nitrogens is 2. The molecule has 0 N–H and O–H groups in total. The van der Waals surface area contributed by atoms with Crippen molar-refractivity contribution < 1.29 is 0 Å². The fourth-order valence-electron chi connectivity index (χ4n) is 1.46. The molecular formula is C10H11ClN2. The topological polar surface area (TPSA) is 17.3 Å². The van der Waals surface area contributed by atoms with Gasteiger partial charge in [0.25, 0.3) is 0 Å². The smallest absolute Gasteiger partial charge is 0.155 e. The Labute approximate surface area is 82.2 Å². The number of hydrogen-bond acceptors (Lipinski definition) is 1.